The van der Waals surface area contributed by atoms with Crippen molar-refractivity contribution in [2.45, 2.75) is 104 Å². The van der Waals surface area contributed by atoms with Gasteiger partial charge in [0.2, 0.25) is 23.6 Å². The molecule has 0 radical (unpaired) electrons. The SMILES string of the molecule is COC(=O)NC(C(=O)N1CCC(O)C1C(=O)Nc1ccc(CN(Cc2ccc(NC(=O)C3C(O)CCN3C(=O)C(NC(=O)OC)C(C)(C)C)cc2)c2ccc(F)cc2)cc1)C(C)(C)C. The molecule has 0 saturated carbocycles. The molecule has 346 valence electrons. The summed E-state index contributed by atoms with van der Waals surface area (Å²) in [5.74, 6) is -2.60. The van der Waals surface area contributed by atoms with E-state index >= 15 is 0 Å². The van der Waals surface area contributed by atoms with Crippen LogP contribution in [0, 0.1) is 16.6 Å². The number of nitrogens with one attached hydrogen (secondary N) is 4. The predicted octanol–water partition coefficient (Wildman–Crippen LogP) is 4.37. The molecule has 6 amide bonds. The van der Waals surface area contributed by atoms with E-state index in [0.717, 1.165) is 16.8 Å². The average molecular weight is 890 g/mol. The molecule has 3 aromatic rings. The zero-order valence-corrected chi connectivity index (χ0v) is 37.5. The Morgan fingerprint density at radius 3 is 1.33 bits per heavy atom. The number of aliphatic hydroxyl groups is 2. The van der Waals surface area contributed by atoms with Crippen molar-refractivity contribution in [2.75, 3.05) is 42.8 Å². The molecule has 2 heterocycles. The molecule has 0 aliphatic carbocycles. The molecule has 3 aromatic carbocycles. The molecule has 0 spiro atoms. The highest BCUT2D eigenvalue weighted by molar-refractivity contribution is 6.00. The molecule has 2 fully saturated rings. The van der Waals surface area contributed by atoms with Crippen molar-refractivity contribution < 1.29 is 52.8 Å². The van der Waals surface area contributed by atoms with Gasteiger partial charge >= 0.3 is 12.2 Å². The number of ether oxygens (including phenoxy) is 2. The molecule has 17 nitrogen and oxygen atoms in total. The van der Waals surface area contributed by atoms with Crippen molar-refractivity contribution in [1.82, 2.24) is 20.4 Å². The molecule has 0 aromatic heterocycles. The lowest BCUT2D eigenvalue weighted by molar-refractivity contribution is -0.142. The van der Waals surface area contributed by atoms with Crippen LogP contribution in [0.1, 0.15) is 65.5 Å². The number of methoxy groups -OCH3 is 2. The Balaban J connectivity index is 1.26. The summed E-state index contributed by atoms with van der Waals surface area (Å²) < 4.78 is 23.4. The van der Waals surface area contributed by atoms with Gasteiger partial charge in [-0.15, -0.1) is 0 Å². The number of anilines is 3. The van der Waals surface area contributed by atoms with Crippen molar-refractivity contribution in [3.05, 3.63) is 89.7 Å². The van der Waals surface area contributed by atoms with Gasteiger partial charge in [0.15, 0.2) is 0 Å². The van der Waals surface area contributed by atoms with Crippen LogP contribution >= 0.6 is 0 Å². The second kappa shape index (κ2) is 20.5. The number of likely N-dealkylation sites (tertiary alicyclic amines) is 2. The number of carbonyl (C=O) groups excluding carboxylic acids is 6. The van der Waals surface area contributed by atoms with E-state index in [-0.39, 0.29) is 25.9 Å². The van der Waals surface area contributed by atoms with Crippen LogP contribution in [0.5, 0.6) is 0 Å². The smallest absolute Gasteiger partial charge is 0.407 e. The number of benzene rings is 3. The number of amides is 6. The van der Waals surface area contributed by atoms with Gasteiger partial charge in [-0.3, -0.25) is 19.2 Å². The summed E-state index contributed by atoms with van der Waals surface area (Å²) in [4.78, 5) is 83.3. The largest absolute Gasteiger partial charge is 0.453 e. The predicted molar refractivity (Wildman–Crippen MR) is 236 cm³/mol. The molecule has 18 heteroatoms. The second-order valence-electron chi connectivity index (χ2n) is 18.2. The van der Waals surface area contributed by atoms with Gasteiger partial charge in [-0.1, -0.05) is 65.8 Å². The van der Waals surface area contributed by atoms with E-state index in [0.29, 0.717) is 24.5 Å². The fourth-order valence-electron chi connectivity index (χ4n) is 7.81. The van der Waals surface area contributed by atoms with E-state index in [1.807, 2.05) is 29.2 Å². The van der Waals surface area contributed by atoms with Gasteiger partial charge in [-0.2, -0.15) is 0 Å². The fraction of sp³-hybridized carbons (Fsp3) is 0.478. The van der Waals surface area contributed by atoms with Crippen LogP contribution in [-0.4, -0.2) is 120 Å². The lowest BCUT2D eigenvalue weighted by Gasteiger charge is -2.35. The third-order valence-corrected chi connectivity index (χ3v) is 11.3. The quantitative estimate of drug-likeness (QED) is 0.142. The number of nitrogens with zero attached hydrogens (tertiary/aromatic N) is 3. The monoisotopic (exact) mass is 889 g/mol. The number of carbonyl (C=O) groups is 6. The lowest BCUT2D eigenvalue weighted by Crippen LogP contribution is -2.58. The highest BCUT2D eigenvalue weighted by atomic mass is 19.1. The van der Waals surface area contributed by atoms with E-state index in [2.05, 4.69) is 21.3 Å². The summed E-state index contributed by atoms with van der Waals surface area (Å²) in [5.41, 5.74) is 1.81. The first-order chi connectivity index (χ1) is 30.1. The first-order valence-electron chi connectivity index (χ1n) is 21.1. The normalized spacial score (nSPS) is 19.5. The standard InChI is InChI=1S/C46H60FN7O10/c1-45(2,3)37(50-43(61)63-7)41(59)53-23-21-33(55)35(53)39(57)48-30-15-9-27(10-16-30)25-52(32-19-13-29(47)14-20-32)26-28-11-17-31(18-12-28)49-40(58)36-34(56)22-24-54(36)42(60)38(46(4,5)6)51-44(62)64-8/h9-20,33-38,55-56H,21-26H2,1-8H3,(H,48,57)(H,49,58)(H,50,61)(H,51,62). The molecule has 2 aliphatic rings. The Kier molecular flexibility index (Phi) is 15.6. The van der Waals surface area contributed by atoms with E-state index in [1.54, 1.807) is 77.9 Å². The van der Waals surface area contributed by atoms with Crippen molar-refractivity contribution in [3.63, 3.8) is 0 Å². The maximum atomic E-state index is 14.0. The van der Waals surface area contributed by atoms with Gasteiger partial charge in [-0.05, 0) is 83.3 Å². The minimum Gasteiger partial charge on any atom is -0.453 e. The van der Waals surface area contributed by atoms with Crippen LogP contribution in [0.15, 0.2) is 72.8 Å². The Hall–Kier alpha value is -6.27. The first-order valence-corrected chi connectivity index (χ1v) is 21.1. The number of rotatable bonds is 13. The number of alkyl carbamates (subject to hydrolysis) is 2. The molecule has 2 aliphatic heterocycles. The van der Waals surface area contributed by atoms with E-state index < -0.39 is 88.8 Å². The van der Waals surface area contributed by atoms with Gasteiger partial charge in [0, 0.05) is 43.2 Å². The van der Waals surface area contributed by atoms with Crippen LogP contribution in [0.4, 0.5) is 31.0 Å². The lowest BCUT2D eigenvalue weighted by atomic mass is 9.85. The zero-order chi connectivity index (χ0) is 47.1. The van der Waals surface area contributed by atoms with E-state index in [4.69, 9.17) is 9.47 Å². The van der Waals surface area contributed by atoms with Crippen LogP contribution in [0.3, 0.4) is 0 Å². The summed E-state index contributed by atoms with van der Waals surface area (Å²) in [6.07, 6.45) is -3.47. The van der Waals surface area contributed by atoms with Crippen molar-refractivity contribution >= 4 is 52.9 Å². The molecule has 2 saturated heterocycles. The summed E-state index contributed by atoms with van der Waals surface area (Å²) in [6.45, 7) is 11.6. The molecular formula is C46H60FN7O10. The van der Waals surface area contributed by atoms with Crippen LogP contribution < -0.4 is 26.2 Å². The number of halogens is 1. The summed E-state index contributed by atoms with van der Waals surface area (Å²) in [5, 5.41) is 32.4. The number of hydrogen-bond acceptors (Lipinski definition) is 11. The van der Waals surface area contributed by atoms with Crippen molar-refractivity contribution in [2.24, 2.45) is 10.8 Å². The molecule has 64 heavy (non-hydrogen) atoms. The second-order valence-corrected chi connectivity index (χ2v) is 18.2. The van der Waals surface area contributed by atoms with Crippen LogP contribution in [-0.2, 0) is 41.7 Å². The van der Waals surface area contributed by atoms with Gasteiger partial charge in [0.05, 0.1) is 26.4 Å². The van der Waals surface area contributed by atoms with Gasteiger partial charge < -0.3 is 55.7 Å². The maximum absolute atomic E-state index is 14.0. The van der Waals surface area contributed by atoms with Crippen molar-refractivity contribution in [3.8, 4) is 0 Å². The minimum absolute atomic E-state index is 0.117. The molecule has 6 N–H and O–H groups in total. The molecular weight excluding hydrogens is 830 g/mol. The Labute approximate surface area is 372 Å². The third kappa shape index (κ3) is 12.0. The highest BCUT2D eigenvalue weighted by Gasteiger charge is 2.47. The van der Waals surface area contributed by atoms with Gasteiger partial charge in [0.1, 0.15) is 30.0 Å². The van der Waals surface area contributed by atoms with Gasteiger partial charge in [0.25, 0.3) is 0 Å². The minimum atomic E-state index is -1.19. The Morgan fingerprint density at radius 1 is 0.641 bits per heavy atom. The Bertz CT molecular complexity index is 2010. The zero-order valence-electron chi connectivity index (χ0n) is 37.5. The summed E-state index contributed by atoms with van der Waals surface area (Å²) in [7, 11) is 2.38. The number of aliphatic hydroxyl groups excluding tert-OH is 2. The van der Waals surface area contributed by atoms with Crippen LogP contribution in [0.2, 0.25) is 0 Å². The Morgan fingerprint density at radius 2 is 1.00 bits per heavy atom. The molecule has 5 rings (SSSR count). The summed E-state index contributed by atoms with van der Waals surface area (Å²) in [6, 6.07) is 15.7. The third-order valence-electron chi connectivity index (χ3n) is 11.3. The van der Waals surface area contributed by atoms with E-state index in [1.165, 1.54) is 36.2 Å². The van der Waals surface area contributed by atoms with E-state index in [9.17, 15) is 43.4 Å². The molecule has 0 bridgehead atoms. The maximum Gasteiger partial charge on any atom is 0.407 e. The van der Waals surface area contributed by atoms with Crippen LogP contribution in [0.25, 0.3) is 0 Å². The average Bonchev–Trinajstić information content (AvgIpc) is 3.83. The summed E-state index contributed by atoms with van der Waals surface area (Å²) >= 11 is 0. The van der Waals surface area contributed by atoms with Gasteiger partial charge in [-0.25, -0.2) is 14.0 Å². The van der Waals surface area contributed by atoms with Crippen molar-refractivity contribution in [1.29, 1.82) is 0 Å². The molecule has 6 atom stereocenters. The molecule has 6 unspecified atom stereocenters. The topological polar surface area (TPSA) is 219 Å². The fourth-order valence-corrected chi connectivity index (χ4v) is 7.81. The number of hydrogen-bond donors (Lipinski definition) is 6. The highest BCUT2D eigenvalue weighted by Crippen LogP contribution is 2.30. The first kappa shape index (κ1) is 48.8.